The minimum absolute atomic E-state index is 0.0916. The van der Waals surface area contributed by atoms with Crippen LogP contribution in [0.5, 0.6) is 0 Å². The largest absolute Gasteiger partial charge is 0.326 e. The predicted molar refractivity (Wildman–Crippen MR) is 93.9 cm³/mol. The molecule has 1 unspecified atom stereocenters. The van der Waals surface area contributed by atoms with Crippen molar-refractivity contribution in [3.63, 3.8) is 0 Å². The molecule has 2 aromatic carbocycles. The minimum Gasteiger partial charge on any atom is -0.326 e. The lowest BCUT2D eigenvalue weighted by molar-refractivity contribution is -0.121. The first-order chi connectivity index (χ1) is 11.9. The number of imide groups is 1. The SMILES string of the molecule is CC(=O)Nc1ccc(SC2CC(=O)N(c3ccc(F)cc3)C2=O)cc1. The molecule has 3 amide bonds. The van der Waals surface area contributed by atoms with Gasteiger partial charge in [0.1, 0.15) is 5.82 Å². The van der Waals surface area contributed by atoms with Crippen molar-refractivity contribution in [3.8, 4) is 0 Å². The van der Waals surface area contributed by atoms with Crippen molar-refractivity contribution in [2.75, 3.05) is 10.2 Å². The minimum atomic E-state index is -0.524. The topological polar surface area (TPSA) is 66.5 Å². The maximum Gasteiger partial charge on any atom is 0.247 e. The molecule has 128 valence electrons. The predicted octanol–water partition coefficient (Wildman–Crippen LogP) is 3.21. The summed E-state index contributed by atoms with van der Waals surface area (Å²) in [7, 11) is 0. The first kappa shape index (κ1) is 17.2. The van der Waals surface area contributed by atoms with Gasteiger partial charge in [-0.15, -0.1) is 11.8 Å². The van der Waals surface area contributed by atoms with Crippen molar-refractivity contribution >= 4 is 40.9 Å². The maximum absolute atomic E-state index is 13.0. The Morgan fingerprint density at radius 1 is 1.12 bits per heavy atom. The average molecular weight is 358 g/mol. The van der Waals surface area contributed by atoms with Crippen LogP contribution in [0.25, 0.3) is 0 Å². The third-order valence-corrected chi connectivity index (χ3v) is 4.84. The second kappa shape index (κ2) is 7.06. The summed E-state index contributed by atoms with van der Waals surface area (Å²) in [6.07, 6.45) is 0.0916. The maximum atomic E-state index is 13.0. The molecule has 1 N–H and O–H groups in total. The molecule has 0 aliphatic carbocycles. The summed E-state index contributed by atoms with van der Waals surface area (Å²) < 4.78 is 13.0. The first-order valence-electron chi connectivity index (χ1n) is 7.61. The van der Waals surface area contributed by atoms with E-state index in [1.54, 1.807) is 24.3 Å². The Balaban J connectivity index is 1.71. The van der Waals surface area contributed by atoms with E-state index in [0.717, 1.165) is 9.80 Å². The van der Waals surface area contributed by atoms with E-state index in [1.165, 1.54) is 43.0 Å². The number of hydrogen-bond acceptors (Lipinski definition) is 4. The van der Waals surface area contributed by atoms with E-state index in [0.29, 0.717) is 11.4 Å². The van der Waals surface area contributed by atoms with Gasteiger partial charge in [-0.25, -0.2) is 9.29 Å². The van der Waals surface area contributed by atoms with E-state index >= 15 is 0 Å². The normalized spacial score (nSPS) is 17.0. The number of amides is 3. The molecule has 2 aromatic rings. The summed E-state index contributed by atoms with van der Waals surface area (Å²) in [6.45, 7) is 1.43. The van der Waals surface area contributed by atoms with Gasteiger partial charge in [-0.05, 0) is 48.5 Å². The third kappa shape index (κ3) is 3.88. The van der Waals surface area contributed by atoms with Crippen LogP contribution in [0.4, 0.5) is 15.8 Å². The standard InChI is InChI=1S/C18H15FN2O3S/c1-11(22)20-13-4-8-15(9-5-13)25-16-10-17(23)21(18(16)24)14-6-2-12(19)3-7-14/h2-9,16H,10H2,1H3,(H,20,22). The third-order valence-electron chi connectivity index (χ3n) is 3.64. The molecule has 5 nitrogen and oxygen atoms in total. The number of thioether (sulfide) groups is 1. The fourth-order valence-electron chi connectivity index (χ4n) is 2.54. The first-order valence-corrected chi connectivity index (χ1v) is 8.48. The number of carbonyl (C=O) groups is 3. The molecule has 0 spiro atoms. The Labute approximate surface area is 148 Å². The quantitative estimate of drug-likeness (QED) is 0.853. The van der Waals surface area contributed by atoms with Crippen LogP contribution >= 0.6 is 11.8 Å². The van der Waals surface area contributed by atoms with E-state index in [1.807, 2.05) is 0 Å². The number of nitrogens with one attached hydrogen (secondary N) is 1. The average Bonchev–Trinajstić information content (AvgIpc) is 2.84. The lowest BCUT2D eigenvalue weighted by Gasteiger charge is -2.15. The summed E-state index contributed by atoms with van der Waals surface area (Å²) in [4.78, 5) is 37.7. The Morgan fingerprint density at radius 2 is 1.76 bits per heavy atom. The smallest absolute Gasteiger partial charge is 0.247 e. The van der Waals surface area contributed by atoms with Crippen molar-refractivity contribution in [2.24, 2.45) is 0 Å². The van der Waals surface area contributed by atoms with Crippen molar-refractivity contribution in [3.05, 3.63) is 54.3 Å². The van der Waals surface area contributed by atoms with E-state index in [4.69, 9.17) is 0 Å². The Bertz CT molecular complexity index is 821. The second-order valence-electron chi connectivity index (χ2n) is 5.56. The number of anilines is 2. The number of rotatable bonds is 4. The number of nitrogens with zero attached hydrogens (tertiary/aromatic N) is 1. The zero-order chi connectivity index (χ0) is 18.0. The Kier molecular flexibility index (Phi) is 4.85. The molecular formula is C18H15FN2O3S. The van der Waals surface area contributed by atoms with Gasteiger partial charge in [-0.1, -0.05) is 0 Å². The van der Waals surface area contributed by atoms with Gasteiger partial charge < -0.3 is 5.32 Å². The van der Waals surface area contributed by atoms with Gasteiger partial charge in [0, 0.05) is 23.9 Å². The molecule has 1 heterocycles. The monoisotopic (exact) mass is 358 g/mol. The molecule has 1 aliphatic rings. The zero-order valence-electron chi connectivity index (χ0n) is 13.4. The van der Waals surface area contributed by atoms with Gasteiger partial charge in [-0.3, -0.25) is 14.4 Å². The number of hydrogen-bond donors (Lipinski definition) is 1. The van der Waals surface area contributed by atoms with Crippen LogP contribution in [0, 0.1) is 5.82 Å². The van der Waals surface area contributed by atoms with Crippen LogP contribution in [0.3, 0.4) is 0 Å². The molecule has 0 bridgehead atoms. The Hall–Kier alpha value is -2.67. The van der Waals surface area contributed by atoms with Crippen LogP contribution in [0.15, 0.2) is 53.4 Å². The van der Waals surface area contributed by atoms with Crippen molar-refractivity contribution in [1.29, 1.82) is 0 Å². The molecule has 1 saturated heterocycles. The van der Waals surface area contributed by atoms with E-state index in [-0.39, 0.29) is 24.1 Å². The molecule has 1 fully saturated rings. The lowest BCUT2D eigenvalue weighted by atomic mass is 10.3. The van der Waals surface area contributed by atoms with Gasteiger partial charge in [0.15, 0.2) is 0 Å². The van der Waals surface area contributed by atoms with Crippen molar-refractivity contribution in [1.82, 2.24) is 0 Å². The van der Waals surface area contributed by atoms with E-state index < -0.39 is 11.1 Å². The summed E-state index contributed by atoms with van der Waals surface area (Å²) >= 11 is 1.29. The molecule has 1 atom stereocenters. The van der Waals surface area contributed by atoms with Crippen LogP contribution in [-0.2, 0) is 14.4 Å². The van der Waals surface area contributed by atoms with Crippen molar-refractivity contribution in [2.45, 2.75) is 23.5 Å². The van der Waals surface area contributed by atoms with Gasteiger partial charge in [0.2, 0.25) is 17.7 Å². The van der Waals surface area contributed by atoms with Crippen LogP contribution in [0.2, 0.25) is 0 Å². The van der Waals surface area contributed by atoms with Crippen LogP contribution in [-0.4, -0.2) is 23.0 Å². The van der Waals surface area contributed by atoms with Gasteiger partial charge in [-0.2, -0.15) is 0 Å². The van der Waals surface area contributed by atoms with E-state index in [2.05, 4.69) is 5.32 Å². The lowest BCUT2D eigenvalue weighted by Crippen LogP contribution is -2.31. The molecule has 0 radical (unpaired) electrons. The van der Waals surface area contributed by atoms with Gasteiger partial charge >= 0.3 is 0 Å². The highest BCUT2D eigenvalue weighted by Crippen LogP contribution is 2.34. The van der Waals surface area contributed by atoms with Gasteiger partial charge in [0.05, 0.1) is 10.9 Å². The highest BCUT2D eigenvalue weighted by Gasteiger charge is 2.40. The summed E-state index contributed by atoms with van der Waals surface area (Å²) in [5.74, 6) is -1.20. The molecule has 0 saturated carbocycles. The molecule has 7 heteroatoms. The fraction of sp³-hybridized carbons (Fsp3) is 0.167. The summed E-state index contributed by atoms with van der Waals surface area (Å²) in [5.41, 5.74) is 1.04. The number of halogens is 1. The number of benzene rings is 2. The highest BCUT2D eigenvalue weighted by atomic mass is 32.2. The van der Waals surface area contributed by atoms with Crippen LogP contribution < -0.4 is 10.2 Å². The highest BCUT2D eigenvalue weighted by molar-refractivity contribution is 8.00. The van der Waals surface area contributed by atoms with Gasteiger partial charge in [0.25, 0.3) is 0 Å². The van der Waals surface area contributed by atoms with Crippen LogP contribution in [0.1, 0.15) is 13.3 Å². The molecule has 0 aromatic heterocycles. The van der Waals surface area contributed by atoms with E-state index in [9.17, 15) is 18.8 Å². The second-order valence-corrected chi connectivity index (χ2v) is 6.84. The molecule has 3 rings (SSSR count). The number of carbonyl (C=O) groups excluding carboxylic acids is 3. The zero-order valence-corrected chi connectivity index (χ0v) is 14.2. The molecule has 1 aliphatic heterocycles. The fourth-order valence-corrected chi connectivity index (χ4v) is 3.60. The Morgan fingerprint density at radius 3 is 2.36 bits per heavy atom. The molecule has 25 heavy (non-hydrogen) atoms. The summed E-state index contributed by atoms with van der Waals surface area (Å²) in [5, 5.41) is 2.14. The molecular weight excluding hydrogens is 343 g/mol. The summed E-state index contributed by atoms with van der Waals surface area (Å²) in [6, 6.07) is 12.3. The van der Waals surface area contributed by atoms with Crippen molar-refractivity contribution < 1.29 is 18.8 Å².